The standard InChI is InChI=1S/C14H23N3O/c1-3-15-9-12-5-4-7-16-14(12)17-8-6-11(2)13(18)10-17/h4-5,7,11,13,15,18H,3,6,8-10H2,1-2H3. The summed E-state index contributed by atoms with van der Waals surface area (Å²) in [4.78, 5) is 6.70. The molecule has 2 N–H and O–H groups in total. The molecule has 100 valence electrons. The number of pyridine rings is 1. The topological polar surface area (TPSA) is 48.4 Å². The number of nitrogens with one attached hydrogen (secondary N) is 1. The number of nitrogens with zero attached hydrogens (tertiary/aromatic N) is 2. The van der Waals surface area contributed by atoms with Gasteiger partial charge in [-0.25, -0.2) is 4.98 Å². The van der Waals surface area contributed by atoms with Crippen molar-refractivity contribution < 1.29 is 5.11 Å². The molecule has 2 heterocycles. The van der Waals surface area contributed by atoms with Gasteiger partial charge in [0.2, 0.25) is 0 Å². The van der Waals surface area contributed by atoms with Gasteiger partial charge in [0.25, 0.3) is 0 Å². The van der Waals surface area contributed by atoms with Crippen LogP contribution in [-0.2, 0) is 6.54 Å². The molecular weight excluding hydrogens is 226 g/mol. The van der Waals surface area contributed by atoms with E-state index >= 15 is 0 Å². The van der Waals surface area contributed by atoms with E-state index in [1.54, 1.807) is 0 Å². The lowest BCUT2D eigenvalue weighted by Crippen LogP contribution is -2.43. The summed E-state index contributed by atoms with van der Waals surface area (Å²) in [5, 5.41) is 13.3. The molecule has 1 fully saturated rings. The van der Waals surface area contributed by atoms with Gasteiger partial charge in [0, 0.05) is 31.4 Å². The number of piperidine rings is 1. The van der Waals surface area contributed by atoms with Crippen LogP contribution >= 0.6 is 0 Å². The monoisotopic (exact) mass is 249 g/mol. The Morgan fingerprint density at radius 1 is 1.56 bits per heavy atom. The molecule has 4 heteroatoms. The van der Waals surface area contributed by atoms with Crippen LogP contribution < -0.4 is 10.2 Å². The molecule has 0 aliphatic carbocycles. The molecule has 2 atom stereocenters. The number of β-amino-alcohol motifs (C(OH)–C–C–N with tert-alkyl or cyclic N) is 1. The molecule has 0 radical (unpaired) electrons. The van der Waals surface area contributed by atoms with E-state index in [1.165, 1.54) is 5.56 Å². The summed E-state index contributed by atoms with van der Waals surface area (Å²) in [7, 11) is 0. The molecule has 1 saturated heterocycles. The van der Waals surface area contributed by atoms with Gasteiger partial charge in [0.05, 0.1) is 6.10 Å². The minimum atomic E-state index is -0.243. The van der Waals surface area contributed by atoms with Crippen molar-refractivity contribution in [2.75, 3.05) is 24.5 Å². The number of aliphatic hydroxyl groups is 1. The number of hydrogen-bond donors (Lipinski definition) is 2. The lowest BCUT2D eigenvalue weighted by Gasteiger charge is -2.36. The van der Waals surface area contributed by atoms with E-state index in [9.17, 15) is 5.11 Å². The van der Waals surface area contributed by atoms with E-state index in [0.717, 1.165) is 31.9 Å². The number of aromatic nitrogens is 1. The second-order valence-electron chi connectivity index (χ2n) is 5.05. The van der Waals surface area contributed by atoms with Crippen molar-refractivity contribution in [3.05, 3.63) is 23.9 Å². The first kappa shape index (κ1) is 13.3. The summed E-state index contributed by atoms with van der Waals surface area (Å²) in [6, 6.07) is 4.08. The van der Waals surface area contributed by atoms with Gasteiger partial charge in [-0.05, 0) is 24.9 Å². The highest BCUT2D eigenvalue weighted by molar-refractivity contribution is 5.47. The van der Waals surface area contributed by atoms with Gasteiger partial charge < -0.3 is 15.3 Å². The lowest BCUT2D eigenvalue weighted by molar-refractivity contribution is 0.102. The summed E-state index contributed by atoms with van der Waals surface area (Å²) in [5.41, 5.74) is 1.21. The minimum Gasteiger partial charge on any atom is -0.391 e. The Morgan fingerprint density at radius 2 is 2.39 bits per heavy atom. The van der Waals surface area contributed by atoms with Crippen LogP contribution in [0.15, 0.2) is 18.3 Å². The predicted molar refractivity (Wildman–Crippen MR) is 73.6 cm³/mol. The van der Waals surface area contributed by atoms with Gasteiger partial charge in [-0.2, -0.15) is 0 Å². The van der Waals surface area contributed by atoms with Crippen molar-refractivity contribution in [1.82, 2.24) is 10.3 Å². The molecule has 0 spiro atoms. The molecule has 1 aliphatic rings. The third-order valence-corrected chi connectivity index (χ3v) is 3.65. The fourth-order valence-corrected chi connectivity index (χ4v) is 2.35. The predicted octanol–water partition coefficient (Wildman–Crippen LogP) is 1.40. The second kappa shape index (κ2) is 6.16. The average molecular weight is 249 g/mol. The third-order valence-electron chi connectivity index (χ3n) is 3.65. The molecule has 4 nitrogen and oxygen atoms in total. The van der Waals surface area contributed by atoms with Crippen LogP contribution in [0.2, 0.25) is 0 Å². The maximum atomic E-state index is 9.99. The normalized spacial score (nSPS) is 24.3. The van der Waals surface area contributed by atoms with Gasteiger partial charge in [0.15, 0.2) is 0 Å². The Bertz CT molecular complexity index is 383. The quantitative estimate of drug-likeness (QED) is 0.847. The molecule has 2 unspecified atom stereocenters. The maximum Gasteiger partial charge on any atom is 0.133 e. The molecule has 1 aromatic rings. The number of hydrogen-bond acceptors (Lipinski definition) is 4. The molecule has 18 heavy (non-hydrogen) atoms. The van der Waals surface area contributed by atoms with Crippen molar-refractivity contribution in [1.29, 1.82) is 0 Å². The van der Waals surface area contributed by atoms with Crippen LogP contribution in [0.1, 0.15) is 25.8 Å². The Hall–Kier alpha value is -1.13. The van der Waals surface area contributed by atoms with Crippen LogP contribution in [0.5, 0.6) is 0 Å². The molecule has 0 amide bonds. The second-order valence-corrected chi connectivity index (χ2v) is 5.05. The zero-order valence-electron chi connectivity index (χ0n) is 11.3. The average Bonchev–Trinajstić information content (AvgIpc) is 2.40. The summed E-state index contributed by atoms with van der Waals surface area (Å²) in [6.07, 6.45) is 2.61. The highest BCUT2D eigenvalue weighted by atomic mass is 16.3. The molecule has 1 aliphatic heterocycles. The van der Waals surface area contributed by atoms with Crippen LogP contribution in [0.4, 0.5) is 5.82 Å². The summed E-state index contributed by atoms with van der Waals surface area (Å²) in [5.74, 6) is 1.41. The van der Waals surface area contributed by atoms with Crippen molar-refractivity contribution in [2.45, 2.75) is 32.9 Å². The van der Waals surface area contributed by atoms with E-state index in [1.807, 2.05) is 12.3 Å². The minimum absolute atomic E-state index is 0.243. The molecular formula is C14H23N3O. The van der Waals surface area contributed by atoms with Crippen molar-refractivity contribution in [3.63, 3.8) is 0 Å². The van der Waals surface area contributed by atoms with Gasteiger partial charge in [-0.15, -0.1) is 0 Å². The van der Waals surface area contributed by atoms with E-state index < -0.39 is 0 Å². The SMILES string of the molecule is CCNCc1cccnc1N1CCC(C)C(O)C1. The zero-order valence-corrected chi connectivity index (χ0v) is 11.3. The van der Waals surface area contributed by atoms with Gasteiger partial charge in [0.1, 0.15) is 5.82 Å². The smallest absolute Gasteiger partial charge is 0.133 e. The van der Waals surface area contributed by atoms with Gasteiger partial charge in [-0.3, -0.25) is 0 Å². The Balaban J connectivity index is 2.12. The third kappa shape index (κ3) is 3.00. The molecule has 0 saturated carbocycles. The van der Waals surface area contributed by atoms with Gasteiger partial charge >= 0.3 is 0 Å². The maximum absolute atomic E-state index is 9.99. The van der Waals surface area contributed by atoms with Crippen LogP contribution in [-0.4, -0.2) is 35.8 Å². The molecule has 0 bridgehead atoms. The zero-order chi connectivity index (χ0) is 13.0. The largest absolute Gasteiger partial charge is 0.391 e. The Morgan fingerprint density at radius 3 is 3.11 bits per heavy atom. The van der Waals surface area contributed by atoms with Crippen LogP contribution in [0.25, 0.3) is 0 Å². The lowest BCUT2D eigenvalue weighted by atomic mass is 9.96. The summed E-state index contributed by atoms with van der Waals surface area (Å²) < 4.78 is 0. The Labute approximate surface area is 109 Å². The molecule has 0 aromatic carbocycles. The Kier molecular flexibility index (Phi) is 4.55. The van der Waals surface area contributed by atoms with Crippen LogP contribution in [0.3, 0.4) is 0 Å². The molecule has 2 rings (SSSR count). The fraction of sp³-hybridized carbons (Fsp3) is 0.643. The summed E-state index contributed by atoms with van der Waals surface area (Å²) >= 11 is 0. The highest BCUT2D eigenvalue weighted by Crippen LogP contribution is 2.24. The number of aliphatic hydroxyl groups excluding tert-OH is 1. The van der Waals surface area contributed by atoms with Crippen molar-refractivity contribution in [3.8, 4) is 0 Å². The van der Waals surface area contributed by atoms with Gasteiger partial charge in [-0.1, -0.05) is 19.9 Å². The first-order valence-corrected chi connectivity index (χ1v) is 6.80. The highest BCUT2D eigenvalue weighted by Gasteiger charge is 2.25. The number of rotatable bonds is 4. The first-order valence-electron chi connectivity index (χ1n) is 6.80. The molecule has 1 aromatic heterocycles. The van der Waals surface area contributed by atoms with Crippen molar-refractivity contribution in [2.24, 2.45) is 5.92 Å². The number of anilines is 1. The fourth-order valence-electron chi connectivity index (χ4n) is 2.35. The van der Waals surface area contributed by atoms with E-state index in [2.05, 4.69) is 35.1 Å². The van der Waals surface area contributed by atoms with E-state index in [4.69, 9.17) is 0 Å². The first-order chi connectivity index (χ1) is 8.72. The van der Waals surface area contributed by atoms with E-state index in [0.29, 0.717) is 12.5 Å². The van der Waals surface area contributed by atoms with Crippen LogP contribution in [0, 0.1) is 5.92 Å². The van der Waals surface area contributed by atoms with Crippen molar-refractivity contribution >= 4 is 5.82 Å². The van der Waals surface area contributed by atoms with E-state index in [-0.39, 0.29) is 6.10 Å². The summed E-state index contributed by atoms with van der Waals surface area (Å²) in [6.45, 7) is 7.67.